The monoisotopic (exact) mass is 412 g/mol. The fraction of sp³-hybridized carbons (Fsp3) is 0.105. The summed E-state index contributed by atoms with van der Waals surface area (Å²) < 4.78 is 5.81. The normalized spacial score (nSPS) is 15.3. The zero-order valence-corrected chi connectivity index (χ0v) is 15.7. The van der Waals surface area contributed by atoms with E-state index in [9.17, 15) is 9.59 Å². The first-order valence-corrected chi connectivity index (χ1v) is 8.89. The number of anilines is 1. The van der Waals surface area contributed by atoms with Gasteiger partial charge in [-0.05, 0) is 23.8 Å². The summed E-state index contributed by atoms with van der Waals surface area (Å²) >= 11 is 12.6. The predicted octanol–water partition coefficient (Wildman–Crippen LogP) is 4.23. The topological polar surface area (TPSA) is 95.1 Å². The fourth-order valence-corrected chi connectivity index (χ4v) is 3.37. The number of carbonyl (C=O) groups excluding carboxylic acids is 2. The zero-order chi connectivity index (χ0) is 19.8. The van der Waals surface area contributed by atoms with Crippen molar-refractivity contribution in [1.29, 1.82) is 5.26 Å². The molecule has 9 heteroatoms. The average Bonchev–Trinajstić information content (AvgIpc) is 3.12. The molecule has 0 spiro atoms. The number of benzene rings is 2. The number of hydrogen-bond donors (Lipinski definition) is 0. The molecule has 2 aliphatic heterocycles. The van der Waals surface area contributed by atoms with Gasteiger partial charge < -0.3 is 4.74 Å². The third kappa shape index (κ3) is 3.24. The van der Waals surface area contributed by atoms with Crippen LogP contribution >= 0.6 is 23.2 Å². The van der Waals surface area contributed by atoms with Crippen LogP contribution in [-0.2, 0) is 16.0 Å². The molecule has 0 saturated carbocycles. The molecule has 0 unspecified atom stereocenters. The molecule has 138 valence electrons. The van der Waals surface area contributed by atoms with E-state index in [1.165, 1.54) is 12.1 Å². The van der Waals surface area contributed by atoms with Gasteiger partial charge in [0.1, 0.15) is 11.8 Å². The van der Waals surface area contributed by atoms with Gasteiger partial charge in [-0.1, -0.05) is 29.3 Å². The number of halogens is 2. The van der Waals surface area contributed by atoms with Crippen LogP contribution in [0.25, 0.3) is 0 Å². The standard InChI is InChI=1S/C19H10Cl2N4O3/c20-13-5-11(25-18(27)8-17(26)16(9-22)24-25)6-14(21)19(13)28-12-2-1-10-3-4-23-15(10)7-12/h1-2,4-7H,3,8H2. The van der Waals surface area contributed by atoms with Gasteiger partial charge in [0.15, 0.2) is 5.75 Å². The zero-order valence-electron chi connectivity index (χ0n) is 14.1. The lowest BCUT2D eigenvalue weighted by molar-refractivity contribution is -0.124. The van der Waals surface area contributed by atoms with E-state index in [0.29, 0.717) is 5.75 Å². The molecule has 0 aromatic heterocycles. The van der Waals surface area contributed by atoms with Gasteiger partial charge >= 0.3 is 0 Å². The number of amides is 1. The van der Waals surface area contributed by atoms with Crippen molar-refractivity contribution in [3.05, 3.63) is 45.9 Å². The highest BCUT2D eigenvalue weighted by Gasteiger charge is 2.29. The molecule has 0 N–H and O–H groups in total. The molecule has 1 amide bonds. The Balaban J connectivity index is 1.67. The first-order valence-electron chi connectivity index (χ1n) is 8.13. The van der Waals surface area contributed by atoms with Crippen LogP contribution in [0, 0.1) is 11.3 Å². The van der Waals surface area contributed by atoms with E-state index in [1.807, 2.05) is 12.3 Å². The molecular formula is C19H10Cl2N4O3. The summed E-state index contributed by atoms with van der Waals surface area (Å²) in [7, 11) is 0. The van der Waals surface area contributed by atoms with Gasteiger partial charge in [-0.25, -0.2) is 0 Å². The van der Waals surface area contributed by atoms with Crippen LogP contribution in [0.2, 0.25) is 10.0 Å². The highest BCUT2D eigenvalue weighted by molar-refractivity contribution is 6.50. The minimum absolute atomic E-state index is 0.143. The van der Waals surface area contributed by atoms with E-state index in [2.05, 4.69) is 10.1 Å². The molecule has 0 fully saturated rings. The number of hydrogen-bond acceptors (Lipinski definition) is 6. The molecule has 2 aliphatic rings. The smallest absolute Gasteiger partial charge is 0.255 e. The molecule has 2 heterocycles. The summed E-state index contributed by atoms with van der Waals surface area (Å²) in [5.74, 6) is -0.487. The molecule has 0 aliphatic carbocycles. The SMILES string of the molecule is N#CC1=NN(c2cc(Cl)c(Oc3ccc4c(c3)N=CC4)c(Cl)c2)C(=O)CC1=O. The lowest BCUT2D eigenvalue weighted by atomic mass is 10.1. The second-order valence-corrected chi connectivity index (χ2v) is 6.83. The summed E-state index contributed by atoms with van der Waals surface area (Å²) in [6, 6.07) is 10.0. The van der Waals surface area contributed by atoms with Crippen molar-refractivity contribution in [1.82, 2.24) is 0 Å². The van der Waals surface area contributed by atoms with E-state index in [1.54, 1.807) is 18.2 Å². The van der Waals surface area contributed by atoms with Crippen molar-refractivity contribution in [3.63, 3.8) is 0 Å². The molecule has 2 aromatic rings. The van der Waals surface area contributed by atoms with E-state index >= 15 is 0 Å². The number of carbonyl (C=O) groups is 2. The van der Waals surface area contributed by atoms with E-state index in [0.717, 1.165) is 22.7 Å². The highest BCUT2D eigenvalue weighted by Crippen LogP contribution is 2.41. The summed E-state index contributed by atoms with van der Waals surface area (Å²) in [5.41, 5.74) is 1.80. The lowest BCUT2D eigenvalue weighted by Crippen LogP contribution is -2.36. The molecule has 4 rings (SSSR count). The van der Waals surface area contributed by atoms with E-state index < -0.39 is 18.1 Å². The first kappa shape index (κ1) is 18.2. The van der Waals surface area contributed by atoms with Crippen molar-refractivity contribution in [3.8, 4) is 17.6 Å². The van der Waals surface area contributed by atoms with Gasteiger partial charge in [0, 0.05) is 18.7 Å². The van der Waals surface area contributed by atoms with E-state index in [4.69, 9.17) is 33.2 Å². The van der Waals surface area contributed by atoms with Crippen LogP contribution < -0.4 is 9.75 Å². The summed E-state index contributed by atoms with van der Waals surface area (Å²) in [4.78, 5) is 28.0. The maximum absolute atomic E-state index is 12.1. The van der Waals surface area contributed by atoms with Crippen LogP contribution in [0.4, 0.5) is 11.4 Å². The van der Waals surface area contributed by atoms with Gasteiger partial charge in [0.2, 0.25) is 11.5 Å². The maximum Gasteiger partial charge on any atom is 0.255 e. The fourth-order valence-electron chi connectivity index (χ4n) is 2.82. The number of Topliss-reactive ketones (excluding diaryl/α,β-unsaturated/α-hetero) is 1. The minimum atomic E-state index is -0.625. The summed E-state index contributed by atoms with van der Waals surface area (Å²) in [6.45, 7) is 0. The number of nitriles is 1. The number of rotatable bonds is 3. The van der Waals surface area contributed by atoms with Gasteiger partial charge in [0.05, 0.1) is 27.8 Å². The molecule has 2 aromatic carbocycles. The Labute approximate surface area is 169 Å². The Kier molecular flexibility index (Phi) is 4.59. The number of ketones is 1. The molecule has 28 heavy (non-hydrogen) atoms. The van der Waals surface area contributed by atoms with Crippen molar-refractivity contribution >= 4 is 58.2 Å². The quantitative estimate of drug-likeness (QED) is 0.704. The Morgan fingerprint density at radius 1 is 1.14 bits per heavy atom. The number of fused-ring (bicyclic) bond motifs is 1. The number of ether oxygens (including phenoxy) is 1. The number of aliphatic imine (C=N–C) groups is 1. The molecule has 7 nitrogen and oxygen atoms in total. The van der Waals surface area contributed by atoms with Crippen LogP contribution in [0.5, 0.6) is 11.5 Å². The molecule has 0 saturated heterocycles. The van der Waals surface area contributed by atoms with Crippen LogP contribution in [0.15, 0.2) is 40.4 Å². The van der Waals surface area contributed by atoms with Gasteiger partial charge in [-0.2, -0.15) is 15.4 Å². The molecule has 0 atom stereocenters. The van der Waals surface area contributed by atoms with Gasteiger partial charge in [-0.15, -0.1) is 0 Å². The second-order valence-electron chi connectivity index (χ2n) is 6.01. The number of hydrazone groups is 1. The maximum atomic E-state index is 12.1. The molecule has 0 radical (unpaired) electrons. The first-order chi connectivity index (χ1) is 13.5. The average molecular weight is 413 g/mol. The summed E-state index contributed by atoms with van der Waals surface area (Å²) in [6.07, 6.45) is 2.15. The van der Waals surface area contributed by atoms with Crippen LogP contribution in [0.3, 0.4) is 0 Å². The third-order valence-corrected chi connectivity index (χ3v) is 4.73. The third-order valence-electron chi connectivity index (χ3n) is 4.16. The van der Waals surface area contributed by atoms with Crippen LogP contribution in [0.1, 0.15) is 12.0 Å². The Bertz CT molecular complexity index is 1110. The molecule has 0 bridgehead atoms. The van der Waals surface area contributed by atoms with Crippen molar-refractivity contribution < 1.29 is 14.3 Å². The van der Waals surface area contributed by atoms with Gasteiger partial charge in [0.25, 0.3) is 5.91 Å². The summed E-state index contributed by atoms with van der Waals surface area (Å²) in [5, 5.41) is 14.0. The number of nitrogens with zero attached hydrogens (tertiary/aromatic N) is 4. The largest absolute Gasteiger partial charge is 0.454 e. The van der Waals surface area contributed by atoms with E-state index in [-0.39, 0.29) is 27.2 Å². The predicted molar refractivity (Wildman–Crippen MR) is 105 cm³/mol. The molecular weight excluding hydrogens is 403 g/mol. The van der Waals surface area contributed by atoms with Crippen molar-refractivity contribution in [2.75, 3.05) is 5.01 Å². The van der Waals surface area contributed by atoms with Gasteiger partial charge in [-0.3, -0.25) is 14.6 Å². The van der Waals surface area contributed by atoms with Crippen molar-refractivity contribution in [2.24, 2.45) is 10.1 Å². The second kappa shape index (κ2) is 7.08. The Hall–Kier alpha value is -3.21. The van der Waals surface area contributed by atoms with Crippen LogP contribution in [-0.4, -0.2) is 23.6 Å². The van der Waals surface area contributed by atoms with Crippen molar-refractivity contribution in [2.45, 2.75) is 12.8 Å². The minimum Gasteiger partial charge on any atom is -0.454 e. The Morgan fingerprint density at radius 2 is 1.89 bits per heavy atom. The highest BCUT2D eigenvalue weighted by atomic mass is 35.5. The lowest BCUT2D eigenvalue weighted by Gasteiger charge is -2.22. The Morgan fingerprint density at radius 3 is 2.61 bits per heavy atom.